The van der Waals surface area contributed by atoms with E-state index in [1.165, 1.54) is 22.5 Å². The van der Waals surface area contributed by atoms with Gasteiger partial charge in [0.05, 0.1) is 21.7 Å². The van der Waals surface area contributed by atoms with Gasteiger partial charge in [0.2, 0.25) is 10.0 Å². The van der Waals surface area contributed by atoms with Gasteiger partial charge in [-0.25, -0.2) is 8.42 Å². The average Bonchev–Trinajstić information content (AvgIpc) is 3.24. The van der Waals surface area contributed by atoms with Crippen LogP contribution < -0.4 is 10.5 Å². The van der Waals surface area contributed by atoms with Crippen LogP contribution in [-0.4, -0.2) is 36.9 Å². The van der Waals surface area contributed by atoms with E-state index in [1.807, 2.05) is 0 Å². The predicted molar refractivity (Wildman–Crippen MR) is 93.3 cm³/mol. The lowest BCUT2D eigenvalue weighted by Gasteiger charge is -2.17. The summed E-state index contributed by atoms with van der Waals surface area (Å²) < 4.78 is 37.5. The van der Waals surface area contributed by atoms with Crippen molar-refractivity contribution in [3.63, 3.8) is 0 Å². The number of nitrogens with zero attached hydrogens (tertiary/aromatic N) is 2. The van der Waals surface area contributed by atoms with Crippen molar-refractivity contribution < 1.29 is 22.5 Å². The van der Waals surface area contributed by atoms with Crippen LogP contribution >= 0.6 is 0 Å². The van der Waals surface area contributed by atoms with Crippen LogP contribution in [0.3, 0.4) is 0 Å². The van der Waals surface area contributed by atoms with E-state index in [9.17, 15) is 13.2 Å². The first-order valence-corrected chi connectivity index (χ1v) is 9.73. The number of hydrogen-bond donors (Lipinski definition) is 1. The van der Waals surface area contributed by atoms with Gasteiger partial charge in [0, 0.05) is 13.1 Å². The van der Waals surface area contributed by atoms with Crippen LogP contribution in [0.15, 0.2) is 27.6 Å². The molecular weight excluding hydrogens is 358 g/mol. The molecule has 0 unspecified atom stereocenters. The second kappa shape index (κ2) is 7.08. The van der Waals surface area contributed by atoms with Gasteiger partial charge >= 0.3 is 0 Å². The molecule has 1 fully saturated rings. The van der Waals surface area contributed by atoms with Crippen molar-refractivity contribution in [2.24, 2.45) is 5.73 Å². The normalized spacial score (nSPS) is 15.3. The molecule has 2 N–H and O–H groups in total. The van der Waals surface area contributed by atoms with Crippen LogP contribution in [0.25, 0.3) is 0 Å². The number of hydrogen-bond acceptors (Lipinski definition) is 6. The molecule has 2 heterocycles. The third-order valence-corrected chi connectivity index (χ3v) is 6.37. The Balaban J connectivity index is 1.89. The summed E-state index contributed by atoms with van der Waals surface area (Å²) in [6.45, 7) is 4.66. The minimum absolute atomic E-state index is 0.0250. The maximum absolute atomic E-state index is 12.7. The predicted octanol–water partition coefficient (Wildman–Crippen LogP) is 1.75. The fraction of sp³-hybridized carbons (Fsp3) is 0.412. The number of carbonyl (C=O) groups excluding carboxylic acids is 1. The molecule has 0 aliphatic carbocycles. The molecular formula is C17H21N3O5S. The zero-order valence-electron chi connectivity index (χ0n) is 14.7. The lowest BCUT2D eigenvalue weighted by molar-refractivity contribution is 0.0995. The van der Waals surface area contributed by atoms with E-state index in [0.29, 0.717) is 24.5 Å². The Morgan fingerprint density at radius 1 is 1.31 bits per heavy atom. The first-order valence-electron chi connectivity index (χ1n) is 8.29. The van der Waals surface area contributed by atoms with Crippen LogP contribution in [0.4, 0.5) is 0 Å². The standard InChI is InChI=1S/C17H21N3O5S/c1-11-15(12(2)25-19-11)10-24-16-6-5-13(9-14(16)17(18)21)26(22,23)20-7-3-4-8-20/h5-6,9H,3-4,7-8,10H2,1-2H3,(H2,18,21). The van der Waals surface area contributed by atoms with Crippen LogP contribution in [0.2, 0.25) is 0 Å². The van der Waals surface area contributed by atoms with Gasteiger partial charge in [-0.3, -0.25) is 4.79 Å². The molecule has 140 valence electrons. The Kier molecular flexibility index (Phi) is 5.01. The zero-order chi connectivity index (χ0) is 18.9. The Morgan fingerprint density at radius 2 is 2.00 bits per heavy atom. The highest BCUT2D eigenvalue weighted by Crippen LogP contribution is 2.27. The Hall–Kier alpha value is -2.39. The summed E-state index contributed by atoms with van der Waals surface area (Å²) >= 11 is 0. The van der Waals surface area contributed by atoms with Crippen molar-refractivity contribution >= 4 is 15.9 Å². The van der Waals surface area contributed by atoms with Gasteiger partial charge in [-0.2, -0.15) is 4.31 Å². The SMILES string of the molecule is Cc1noc(C)c1COc1ccc(S(=O)(=O)N2CCCC2)cc1C(N)=O. The number of nitrogens with two attached hydrogens (primary N) is 1. The van der Waals surface area contributed by atoms with Crippen molar-refractivity contribution in [1.29, 1.82) is 0 Å². The molecule has 1 aliphatic rings. The van der Waals surface area contributed by atoms with E-state index in [2.05, 4.69) is 5.16 Å². The van der Waals surface area contributed by atoms with E-state index >= 15 is 0 Å². The minimum atomic E-state index is -3.64. The van der Waals surface area contributed by atoms with Gasteiger partial charge in [0.25, 0.3) is 5.91 Å². The summed E-state index contributed by atoms with van der Waals surface area (Å²) in [4.78, 5) is 11.9. The molecule has 2 aromatic rings. The van der Waals surface area contributed by atoms with E-state index in [-0.39, 0.29) is 22.8 Å². The fourth-order valence-corrected chi connectivity index (χ4v) is 4.47. The molecule has 3 rings (SSSR count). The van der Waals surface area contributed by atoms with Crippen molar-refractivity contribution in [1.82, 2.24) is 9.46 Å². The largest absolute Gasteiger partial charge is 0.488 e. The van der Waals surface area contributed by atoms with Crippen molar-refractivity contribution in [3.8, 4) is 5.75 Å². The Labute approximate surface area is 152 Å². The van der Waals surface area contributed by atoms with E-state index in [0.717, 1.165) is 18.4 Å². The fourth-order valence-electron chi connectivity index (χ4n) is 2.92. The molecule has 0 atom stereocenters. The molecule has 1 saturated heterocycles. The lowest BCUT2D eigenvalue weighted by atomic mass is 10.2. The van der Waals surface area contributed by atoms with Gasteiger partial charge in [-0.15, -0.1) is 0 Å². The molecule has 1 aliphatic heterocycles. The molecule has 26 heavy (non-hydrogen) atoms. The molecule has 1 aromatic carbocycles. The smallest absolute Gasteiger partial charge is 0.252 e. The summed E-state index contributed by atoms with van der Waals surface area (Å²) in [6.07, 6.45) is 1.67. The number of aryl methyl sites for hydroxylation is 2. The molecule has 1 amide bonds. The summed E-state index contributed by atoms with van der Waals surface area (Å²) in [6, 6.07) is 4.17. The second-order valence-electron chi connectivity index (χ2n) is 6.22. The summed E-state index contributed by atoms with van der Waals surface area (Å²) in [7, 11) is -3.64. The van der Waals surface area contributed by atoms with Crippen LogP contribution in [-0.2, 0) is 16.6 Å². The third-order valence-electron chi connectivity index (χ3n) is 4.47. The molecule has 0 saturated carbocycles. The number of amides is 1. The maximum Gasteiger partial charge on any atom is 0.252 e. The maximum atomic E-state index is 12.7. The van der Waals surface area contributed by atoms with Crippen LogP contribution in [0, 0.1) is 13.8 Å². The average molecular weight is 379 g/mol. The highest BCUT2D eigenvalue weighted by atomic mass is 32.2. The number of rotatable bonds is 6. The van der Waals surface area contributed by atoms with Crippen molar-refractivity contribution in [2.75, 3.05) is 13.1 Å². The highest BCUT2D eigenvalue weighted by molar-refractivity contribution is 7.89. The quantitative estimate of drug-likeness (QED) is 0.817. The number of benzene rings is 1. The molecule has 1 aromatic heterocycles. The lowest BCUT2D eigenvalue weighted by Crippen LogP contribution is -2.28. The molecule has 0 radical (unpaired) electrons. The van der Waals surface area contributed by atoms with Crippen LogP contribution in [0.5, 0.6) is 5.75 Å². The van der Waals surface area contributed by atoms with E-state index < -0.39 is 15.9 Å². The van der Waals surface area contributed by atoms with Gasteiger partial charge in [-0.05, 0) is 44.9 Å². The first kappa shape index (κ1) is 18.4. The summed E-state index contributed by atoms with van der Waals surface area (Å²) in [5, 5.41) is 3.85. The highest BCUT2D eigenvalue weighted by Gasteiger charge is 2.28. The second-order valence-corrected chi connectivity index (χ2v) is 8.16. The Bertz CT molecular complexity index is 910. The molecule has 0 bridgehead atoms. The number of sulfonamides is 1. The van der Waals surface area contributed by atoms with Crippen LogP contribution in [0.1, 0.15) is 40.2 Å². The number of primary amides is 1. The zero-order valence-corrected chi connectivity index (χ0v) is 15.5. The monoisotopic (exact) mass is 379 g/mol. The van der Waals surface area contributed by atoms with E-state index in [4.69, 9.17) is 15.0 Å². The summed E-state index contributed by atoms with van der Waals surface area (Å²) in [5.74, 6) is 0.0893. The van der Waals surface area contributed by atoms with Gasteiger partial charge in [-0.1, -0.05) is 5.16 Å². The first-order chi connectivity index (χ1) is 12.3. The molecule has 8 nitrogen and oxygen atoms in total. The third kappa shape index (κ3) is 3.45. The Morgan fingerprint density at radius 3 is 2.58 bits per heavy atom. The van der Waals surface area contributed by atoms with Crippen molar-refractivity contribution in [2.45, 2.75) is 38.2 Å². The number of ether oxygens (including phenoxy) is 1. The van der Waals surface area contributed by atoms with Gasteiger partial charge in [0.15, 0.2) is 0 Å². The number of carbonyl (C=O) groups is 1. The van der Waals surface area contributed by atoms with E-state index in [1.54, 1.807) is 13.8 Å². The molecule has 9 heteroatoms. The van der Waals surface area contributed by atoms with Gasteiger partial charge in [0.1, 0.15) is 18.1 Å². The van der Waals surface area contributed by atoms with Crippen molar-refractivity contribution in [3.05, 3.63) is 40.8 Å². The topological polar surface area (TPSA) is 116 Å². The number of aromatic nitrogens is 1. The summed E-state index contributed by atoms with van der Waals surface area (Å²) in [5.41, 5.74) is 6.92. The molecule has 0 spiro atoms. The minimum Gasteiger partial charge on any atom is -0.488 e. The van der Waals surface area contributed by atoms with Gasteiger partial charge < -0.3 is 15.0 Å².